The molecule has 1 N–H and O–H groups in total. The van der Waals surface area contributed by atoms with Gasteiger partial charge >= 0.3 is 0 Å². The Bertz CT molecular complexity index is 609. The summed E-state index contributed by atoms with van der Waals surface area (Å²) in [5.41, 5.74) is 1.21. The maximum Gasteiger partial charge on any atom is 0.223 e. The highest BCUT2D eigenvalue weighted by Crippen LogP contribution is 2.47. The van der Waals surface area contributed by atoms with Gasteiger partial charge in [-0.3, -0.25) is 14.5 Å². The molecule has 25 heavy (non-hydrogen) atoms. The fraction of sp³-hybridized carbons (Fsp3) is 0.579. The molecule has 0 spiro atoms. The number of nitrogens with one attached hydrogen (secondary N) is 1. The number of piperazine rings is 1. The molecule has 1 heterocycles. The van der Waals surface area contributed by atoms with Gasteiger partial charge in [0.05, 0.1) is 7.11 Å². The first-order valence-electron chi connectivity index (χ1n) is 8.98. The Hall–Kier alpha value is -2.08. The number of ether oxygens (including phenoxy) is 1. The molecule has 0 aromatic heterocycles. The second-order valence-corrected chi connectivity index (χ2v) is 6.86. The van der Waals surface area contributed by atoms with Crippen molar-refractivity contribution in [3.8, 4) is 5.75 Å². The first kappa shape index (κ1) is 17.7. The molecule has 1 aliphatic carbocycles. The normalized spacial score (nSPS) is 23.2. The van der Waals surface area contributed by atoms with E-state index in [0.29, 0.717) is 12.5 Å². The maximum absolute atomic E-state index is 12.3. The summed E-state index contributed by atoms with van der Waals surface area (Å²) in [6, 6.07) is 7.99. The third-order valence-electron chi connectivity index (χ3n) is 5.22. The van der Waals surface area contributed by atoms with Crippen LogP contribution in [0.5, 0.6) is 5.75 Å². The lowest BCUT2D eigenvalue weighted by Crippen LogP contribution is -2.49. The van der Waals surface area contributed by atoms with E-state index in [0.717, 1.165) is 44.9 Å². The molecule has 6 heteroatoms. The van der Waals surface area contributed by atoms with Crippen LogP contribution < -0.4 is 10.1 Å². The molecule has 1 aromatic carbocycles. The first-order valence-corrected chi connectivity index (χ1v) is 8.98. The van der Waals surface area contributed by atoms with Crippen LogP contribution in [0.1, 0.15) is 24.8 Å². The highest BCUT2D eigenvalue weighted by molar-refractivity contribution is 5.82. The van der Waals surface area contributed by atoms with E-state index < -0.39 is 0 Å². The van der Waals surface area contributed by atoms with Crippen molar-refractivity contribution >= 4 is 11.8 Å². The Morgan fingerprint density at radius 1 is 1.16 bits per heavy atom. The zero-order valence-electron chi connectivity index (χ0n) is 15.0. The van der Waals surface area contributed by atoms with Crippen molar-refractivity contribution in [2.24, 2.45) is 5.92 Å². The van der Waals surface area contributed by atoms with E-state index >= 15 is 0 Å². The van der Waals surface area contributed by atoms with Crippen molar-refractivity contribution in [3.05, 3.63) is 29.8 Å². The molecule has 2 fully saturated rings. The average Bonchev–Trinajstić information content (AvgIpc) is 3.43. The number of carbonyl (C=O) groups is 2. The van der Waals surface area contributed by atoms with Crippen LogP contribution in [-0.2, 0) is 9.59 Å². The van der Waals surface area contributed by atoms with Gasteiger partial charge in [0, 0.05) is 52.1 Å². The van der Waals surface area contributed by atoms with Gasteiger partial charge in [-0.15, -0.1) is 0 Å². The van der Waals surface area contributed by atoms with E-state index in [-0.39, 0.29) is 17.7 Å². The molecule has 1 saturated heterocycles. The third-order valence-corrected chi connectivity index (χ3v) is 5.22. The number of amides is 2. The third kappa shape index (κ3) is 4.51. The van der Waals surface area contributed by atoms with E-state index in [1.165, 1.54) is 5.56 Å². The van der Waals surface area contributed by atoms with Crippen LogP contribution >= 0.6 is 0 Å². The Morgan fingerprint density at radius 2 is 1.84 bits per heavy atom. The number of benzene rings is 1. The molecule has 1 saturated carbocycles. The van der Waals surface area contributed by atoms with Crippen LogP contribution in [0.2, 0.25) is 0 Å². The molecular formula is C19H27N3O3. The summed E-state index contributed by atoms with van der Waals surface area (Å²) in [4.78, 5) is 27.8. The zero-order chi connectivity index (χ0) is 17.8. The van der Waals surface area contributed by atoms with E-state index in [1.54, 1.807) is 14.0 Å². The minimum atomic E-state index is 0.1000. The van der Waals surface area contributed by atoms with Gasteiger partial charge in [0.2, 0.25) is 11.8 Å². The van der Waals surface area contributed by atoms with Crippen molar-refractivity contribution in [1.82, 2.24) is 15.1 Å². The maximum atomic E-state index is 12.3. The van der Waals surface area contributed by atoms with Gasteiger partial charge in [-0.1, -0.05) is 12.1 Å². The summed E-state index contributed by atoms with van der Waals surface area (Å²) in [6.07, 6.45) is 0.926. The molecule has 2 aliphatic rings. The molecule has 0 unspecified atom stereocenters. The van der Waals surface area contributed by atoms with Crippen molar-refractivity contribution < 1.29 is 14.3 Å². The van der Waals surface area contributed by atoms with E-state index in [9.17, 15) is 9.59 Å². The molecular weight excluding hydrogens is 318 g/mol. The zero-order valence-corrected chi connectivity index (χ0v) is 15.0. The molecule has 0 radical (unpaired) electrons. The minimum Gasteiger partial charge on any atom is -0.497 e. The van der Waals surface area contributed by atoms with E-state index in [4.69, 9.17) is 4.74 Å². The van der Waals surface area contributed by atoms with Crippen molar-refractivity contribution in [2.45, 2.75) is 19.3 Å². The van der Waals surface area contributed by atoms with Gasteiger partial charge in [-0.25, -0.2) is 0 Å². The van der Waals surface area contributed by atoms with E-state index in [1.807, 2.05) is 29.2 Å². The predicted octanol–water partition coefficient (Wildman–Crippen LogP) is 1.08. The Kier molecular flexibility index (Phi) is 5.58. The standard InChI is InChI=1S/C19H27N3O3/c1-14(23)22-11-9-21(10-12-22)8-7-20-19(24)18-13-17(18)15-3-5-16(25-2)6-4-15/h3-6,17-18H,7-13H2,1-2H3,(H,20,24)/t17-,18+/m1/s1. The first-order chi connectivity index (χ1) is 12.1. The SMILES string of the molecule is COc1ccc([C@H]2C[C@@H]2C(=O)NCCN2CCN(C(C)=O)CC2)cc1. The second-order valence-electron chi connectivity index (χ2n) is 6.86. The summed E-state index contributed by atoms with van der Waals surface area (Å²) < 4.78 is 5.17. The molecule has 6 nitrogen and oxygen atoms in total. The molecule has 136 valence electrons. The van der Waals surface area contributed by atoms with Gasteiger partial charge in [0.25, 0.3) is 0 Å². The molecule has 1 aliphatic heterocycles. The Morgan fingerprint density at radius 3 is 2.44 bits per heavy atom. The Balaban J connectivity index is 1.36. The molecule has 0 bridgehead atoms. The second kappa shape index (κ2) is 7.87. The number of methoxy groups -OCH3 is 1. The minimum absolute atomic E-state index is 0.1000. The largest absolute Gasteiger partial charge is 0.497 e. The average molecular weight is 345 g/mol. The van der Waals surface area contributed by atoms with Crippen LogP contribution in [0, 0.1) is 5.92 Å². The summed E-state index contributed by atoms with van der Waals surface area (Å²) in [6.45, 7) is 6.46. The van der Waals surface area contributed by atoms with Gasteiger partial charge in [0.15, 0.2) is 0 Å². The van der Waals surface area contributed by atoms with Crippen LogP contribution in [0.3, 0.4) is 0 Å². The van der Waals surface area contributed by atoms with Gasteiger partial charge < -0.3 is 15.0 Å². The molecule has 3 rings (SSSR count). The van der Waals surface area contributed by atoms with Crippen molar-refractivity contribution in [1.29, 1.82) is 0 Å². The fourth-order valence-corrected chi connectivity index (χ4v) is 3.46. The highest BCUT2D eigenvalue weighted by atomic mass is 16.5. The van der Waals surface area contributed by atoms with Crippen molar-refractivity contribution in [2.75, 3.05) is 46.4 Å². The predicted molar refractivity (Wildman–Crippen MR) is 95.5 cm³/mol. The number of hydrogen-bond donors (Lipinski definition) is 1. The van der Waals surface area contributed by atoms with Gasteiger partial charge in [-0.05, 0) is 30.0 Å². The van der Waals surface area contributed by atoms with Crippen LogP contribution in [0.4, 0.5) is 0 Å². The molecule has 2 amide bonds. The number of nitrogens with zero attached hydrogens (tertiary/aromatic N) is 2. The number of carbonyl (C=O) groups excluding carboxylic acids is 2. The molecule has 1 aromatic rings. The lowest BCUT2D eigenvalue weighted by Gasteiger charge is -2.34. The summed E-state index contributed by atoms with van der Waals surface area (Å²) in [5.74, 6) is 1.58. The van der Waals surface area contributed by atoms with Gasteiger partial charge in [0.1, 0.15) is 5.75 Å². The summed E-state index contributed by atoms with van der Waals surface area (Å²) in [5, 5.41) is 3.06. The highest BCUT2D eigenvalue weighted by Gasteiger charge is 2.43. The quantitative estimate of drug-likeness (QED) is 0.838. The monoisotopic (exact) mass is 345 g/mol. The van der Waals surface area contributed by atoms with Crippen LogP contribution in [-0.4, -0.2) is 68.0 Å². The number of hydrogen-bond acceptors (Lipinski definition) is 4. The molecule has 2 atom stereocenters. The summed E-state index contributed by atoms with van der Waals surface area (Å²) >= 11 is 0. The smallest absolute Gasteiger partial charge is 0.223 e. The topological polar surface area (TPSA) is 61.9 Å². The van der Waals surface area contributed by atoms with Crippen LogP contribution in [0.15, 0.2) is 24.3 Å². The van der Waals surface area contributed by atoms with Crippen molar-refractivity contribution in [3.63, 3.8) is 0 Å². The summed E-state index contributed by atoms with van der Waals surface area (Å²) in [7, 11) is 1.66. The van der Waals surface area contributed by atoms with Gasteiger partial charge in [-0.2, -0.15) is 0 Å². The van der Waals surface area contributed by atoms with Crippen LogP contribution in [0.25, 0.3) is 0 Å². The number of rotatable bonds is 6. The lowest BCUT2D eigenvalue weighted by atomic mass is 10.1. The Labute approximate surface area is 149 Å². The fourth-order valence-electron chi connectivity index (χ4n) is 3.46. The van der Waals surface area contributed by atoms with E-state index in [2.05, 4.69) is 10.2 Å². The lowest BCUT2D eigenvalue weighted by molar-refractivity contribution is -0.130.